The standard InChI is InChI=1S/C27H38N4O4S/c32-26(23-35-22-16-29-36(33,34)25-7-2-1-3-8-25)31-20-12-27(13-21-31,24-9-14-28-15-10-24)11-6-19-30-17-4-5-18-30/h1-3,7-10,14-15,29H,4-6,11-13,16-23H2. The van der Waals surface area contributed by atoms with Gasteiger partial charge < -0.3 is 14.5 Å². The van der Waals surface area contributed by atoms with Gasteiger partial charge in [0.05, 0.1) is 11.5 Å². The number of benzene rings is 1. The maximum Gasteiger partial charge on any atom is 0.248 e. The molecule has 2 aliphatic rings. The summed E-state index contributed by atoms with van der Waals surface area (Å²) in [4.78, 5) is 21.6. The third kappa shape index (κ3) is 7.12. The Bertz CT molecular complexity index is 1050. The van der Waals surface area contributed by atoms with Crippen LogP contribution in [0.4, 0.5) is 0 Å². The van der Waals surface area contributed by atoms with Crippen LogP contribution in [0.1, 0.15) is 44.1 Å². The van der Waals surface area contributed by atoms with E-state index in [2.05, 4.69) is 26.7 Å². The molecule has 1 N–H and O–H groups in total. The Morgan fingerprint density at radius 1 is 1.00 bits per heavy atom. The highest BCUT2D eigenvalue weighted by molar-refractivity contribution is 7.89. The molecule has 1 aromatic heterocycles. The van der Waals surface area contributed by atoms with E-state index in [0.717, 1.165) is 32.2 Å². The molecule has 2 aromatic rings. The molecule has 0 radical (unpaired) electrons. The number of carbonyl (C=O) groups excluding carboxylic acids is 1. The van der Waals surface area contributed by atoms with E-state index < -0.39 is 10.0 Å². The number of pyridine rings is 1. The van der Waals surface area contributed by atoms with Crippen molar-refractivity contribution in [3.63, 3.8) is 0 Å². The van der Waals surface area contributed by atoms with Gasteiger partial charge in [-0.05, 0) is 93.4 Å². The lowest BCUT2D eigenvalue weighted by Gasteiger charge is -2.42. The molecule has 9 heteroatoms. The van der Waals surface area contributed by atoms with Crippen LogP contribution < -0.4 is 4.72 Å². The van der Waals surface area contributed by atoms with Crippen molar-refractivity contribution in [3.8, 4) is 0 Å². The maximum atomic E-state index is 12.8. The van der Waals surface area contributed by atoms with Crippen molar-refractivity contribution < 1.29 is 17.9 Å². The van der Waals surface area contributed by atoms with E-state index in [-0.39, 0.29) is 36.0 Å². The zero-order chi connectivity index (χ0) is 25.3. The normalized spacial score (nSPS) is 18.4. The van der Waals surface area contributed by atoms with E-state index in [4.69, 9.17) is 4.74 Å². The second-order valence-electron chi connectivity index (χ2n) is 9.81. The second-order valence-corrected chi connectivity index (χ2v) is 11.6. The van der Waals surface area contributed by atoms with Gasteiger partial charge in [0.1, 0.15) is 6.61 Å². The first kappa shape index (κ1) is 26.7. The summed E-state index contributed by atoms with van der Waals surface area (Å²) in [5.74, 6) is -0.0405. The van der Waals surface area contributed by atoms with Gasteiger partial charge in [-0.25, -0.2) is 13.1 Å². The maximum absolute atomic E-state index is 12.8. The van der Waals surface area contributed by atoms with Crippen LogP contribution in [0.5, 0.6) is 0 Å². The highest BCUT2D eigenvalue weighted by atomic mass is 32.2. The van der Waals surface area contributed by atoms with Gasteiger partial charge in [-0.1, -0.05) is 18.2 Å². The molecule has 1 aromatic carbocycles. The second kappa shape index (κ2) is 12.8. The van der Waals surface area contributed by atoms with Gasteiger partial charge in [-0.3, -0.25) is 9.78 Å². The Kier molecular flexibility index (Phi) is 9.47. The molecule has 196 valence electrons. The van der Waals surface area contributed by atoms with Crippen molar-refractivity contribution in [1.82, 2.24) is 19.5 Å². The number of carbonyl (C=O) groups is 1. The van der Waals surface area contributed by atoms with Crippen LogP contribution in [0.25, 0.3) is 0 Å². The van der Waals surface area contributed by atoms with E-state index >= 15 is 0 Å². The molecular formula is C27H38N4O4S. The summed E-state index contributed by atoms with van der Waals surface area (Å²) in [6.07, 6.45) is 10.5. The number of aromatic nitrogens is 1. The molecule has 0 aliphatic carbocycles. The molecule has 36 heavy (non-hydrogen) atoms. The van der Waals surface area contributed by atoms with Gasteiger partial charge in [-0.2, -0.15) is 0 Å². The van der Waals surface area contributed by atoms with Crippen molar-refractivity contribution in [1.29, 1.82) is 0 Å². The van der Waals surface area contributed by atoms with E-state index in [1.165, 1.54) is 31.5 Å². The van der Waals surface area contributed by atoms with Crippen molar-refractivity contribution in [3.05, 3.63) is 60.4 Å². The van der Waals surface area contributed by atoms with Gasteiger partial charge >= 0.3 is 0 Å². The third-order valence-electron chi connectivity index (χ3n) is 7.51. The number of nitrogens with zero attached hydrogens (tertiary/aromatic N) is 3. The van der Waals surface area contributed by atoms with Crippen LogP contribution >= 0.6 is 0 Å². The molecular weight excluding hydrogens is 476 g/mol. The molecule has 4 rings (SSSR count). The van der Waals surface area contributed by atoms with E-state index in [9.17, 15) is 13.2 Å². The van der Waals surface area contributed by atoms with Crippen LogP contribution in [-0.2, 0) is 25.0 Å². The first-order valence-corrected chi connectivity index (χ1v) is 14.5. The van der Waals surface area contributed by atoms with Crippen LogP contribution in [0.2, 0.25) is 0 Å². The summed E-state index contributed by atoms with van der Waals surface area (Å²) in [6.45, 7) is 5.22. The van der Waals surface area contributed by atoms with Gasteiger partial charge in [0.25, 0.3) is 0 Å². The molecule has 0 saturated carbocycles. The largest absolute Gasteiger partial charge is 0.370 e. The minimum absolute atomic E-state index is 0.0374. The number of hydrogen-bond donors (Lipinski definition) is 1. The first-order chi connectivity index (χ1) is 17.5. The fourth-order valence-corrected chi connectivity index (χ4v) is 6.44. The third-order valence-corrected chi connectivity index (χ3v) is 8.99. The molecule has 0 spiro atoms. The number of ether oxygens (including phenoxy) is 1. The Labute approximate surface area is 215 Å². The summed E-state index contributed by atoms with van der Waals surface area (Å²) < 4.78 is 32.5. The minimum Gasteiger partial charge on any atom is -0.370 e. The number of amides is 1. The Balaban J connectivity index is 1.22. The van der Waals surface area contributed by atoms with Crippen LogP contribution in [0.15, 0.2) is 59.8 Å². The summed E-state index contributed by atoms with van der Waals surface area (Å²) in [6, 6.07) is 12.5. The monoisotopic (exact) mass is 514 g/mol. The predicted octanol–water partition coefficient (Wildman–Crippen LogP) is 2.81. The summed E-state index contributed by atoms with van der Waals surface area (Å²) >= 11 is 0. The lowest BCUT2D eigenvalue weighted by Crippen LogP contribution is -2.46. The fourth-order valence-electron chi connectivity index (χ4n) is 5.40. The Morgan fingerprint density at radius 3 is 2.39 bits per heavy atom. The van der Waals surface area contributed by atoms with Gasteiger partial charge in [-0.15, -0.1) is 0 Å². The van der Waals surface area contributed by atoms with Crippen LogP contribution in [-0.4, -0.2) is 81.6 Å². The number of piperidine rings is 1. The molecule has 2 aliphatic heterocycles. The molecule has 3 heterocycles. The van der Waals surface area contributed by atoms with Crippen LogP contribution in [0.3, 0.4) is 0 Å². The van der Waals surface area contributed by atoms with Crippen molar-refractivity contribution in [2.75, 3.05) is 52.5 Å². The van der Waals surface area contributed by atoms with Gasteiger partial charge in [0.15, 0.2) is 0 Å². The fraction of sp³-hybridized carbons (Fsp3) is 0.556. The van der Waals surface area contributed by atoms with Crippen molar-refractivity contribution in [2.45, 2.75) is 48.8 Å². The zero-order valence-corrected chi connectivity index (χ0v) is 21.8. The van der Waals surface area contributed by atoms with E-state index in [1.54, 1.807) is 30.3 Å². The number of nitrogens with one attached hydrogen (secondary N) is 1. The molecule has 0 unspecified atom stereocenters. The molecule has 0 atom stereocenters. The molecule has 0 bridgehead atoms. The lowest BCUT2D eigenvalue weighted by atomic mass is 9.70. The zero-order valence-electron chi connectivity index (χ0n) is 21.0. The number of hydrogen-bond acceptors (Lipinski definition) is 6. The number of likely N-dealkylation sites (tertiary alicyclic amines) is 2. The van der Waals surface area contributed by atoms with Gasteiger partial charge in [0, 0.05) is 32.0 Å². The van der Waals surface area contributed by atoms with Crippen molar-refractivity contribution in [2.24, 2.45) is 0 Å². The molecule has 2 saturated heterocycles. The van der Waals surface area contributed by atoms with Crippen molar-refractivity contribution >= 4 is 15.9 Å². The number of rotatable bonds is 12. The smallest absolute Gasteiger partial charge is 0.248 e. The molecule has 8 nitrogen and oxygen atoms in total. The average Bonchev–Trinajstić information content (AvgIpc) is 3.43. The quantitative estimate of drug-likeness (QED) is 0.438. The Hall–Kier alpha value is -2.33. The average molecular weight is 515 g/mol. The summed E-state index contributed by atoms with van der Waals surface area (Å²) in [7, 11) is -3.57. The Morgan fingerprint density at radius 2 is 1.69 bits per heavy atom. The van der Waals surface area contributed by atoms with Crippen LogP contribution in [0, 0.1) is 0 Å². The highest BCUT2D eigenvalue weighted by Crippen LogP contribution is 2.39. The topological polar surface area (TPSA) is 91.8 Å². The molecule has 1 amide bonds. The first-order valence-electron chi connectivity index (χ1n) is 13.0. The SMILES string of the molecule is O=C(COCCNS(=O)(=O)c1ccccc1)N1CCC(CCCN2CCCC2)(c2ccncc2)CC1. The molecule has 2 fully saturated rings. The van der Waals surface area contributed by atoms with Gasteiger partial charge in [0.2, 0.25) is 15.9 Å². The van der Waals surface area contributed by atoms with E-state index in [0.29, 0.717) is 13.1 Å². The summed E-state index contributed by atoms with van der Waals surface area (Å²) in [5, 5.41) is 0. The lowest BCUT2D eigenvalue weighted by molar-refractivity contribution is -0.137. The number of sulfonamides is 1. The minimum atomic E-state index is -3.57. The predicted molar refractivity (Wildman–Crippen MR) is 139 cm³/mol. The van der Waals surface area contributed by atoms with E-state index in [1.807, 2.05) is 17.3 Å². The highest BCUT2D eigenvalue weighted by Gasteiger charge is 2.37. The summed E-state index contributed by atoms with van der Waals surface area (Å²) in [5.41, 5.74) is 1.41.